The van der Waals surface area contributed by atoms with E-state index in [-0.39, 0.29) is 0 Å². The van der Waals surface area contributed by atoms with Crippen molar-refractivity contribution in [2.45, 2.75) is 52.0 Å². The number of nitrogens with zero attached hydrogens (tertiary/aromatic N) is 1. The molecule has 0 saturated heterocycles. The molecule has 1 aromatic rings. The van der Waals surface area contributed by atoms with Gasteiger partial charge in [-0.15, -0.1) is 0 Å². The topological polar surface area (TPSA) is 54.4 Å². The van der Waals surface area contributed by atoms with Crippen LogP contribution in [0.2, 0.25) is 0 Å². The molecule has 4 nitrogen and oxygen atoms in total. The second-order valence-electron chi connectivity index (χ2n) is 6.80. The van der Waals surface area contributed by atoms with E-state index < -0.39 is 10.1 Å². The molecule has 134 valence electrons. The van der Waals surface area contributed by atoms with Gasteiger partial charge in [-0.05, 0) is 12.8 Å². The fourth-order valence-electron chi connectivity index (χ4n) is 2.48. The van der Waals surface area contributed by atoms with Crippen LogP contribution in [-0.4, -0.2) is 44.3 Å². The van der Waals surface area contributed by atoms with Crippen LogP contribution in [0, 0.1) is 0 Å². The molecule has 23 heavy (non-hydrogen) atoms. The molecule has 0 aliphatic heterocycles. The van der Waals surface area contributed by atoms with Crippen molar-refractivity contribution < 1.29 is 17.5 Å². The fraction of sp³-hybridized carbons (Fsp3) is 0.667. The second-order valence-corrected chi connectivity index (χ2v) is 8.27. The minimum atomic E-state index is -3.67. The Hall–Kier alpha value is -0.910. The smallest absolute Gasteiger partial charge is 0.261 e. The highest BCUT2D eigenvalue weighted by atomic mass is 32.2. The summed E-state index contributed by atoms with van der Waals surface area (Å²) in [7, 11) is 1.03. The highest BCUT2D eigenvalue weighted by Gasteiger charge is 2.14. The van der Waals surface area contributed by atoms with E-state index in [0.717, 1.165) is 11.0 Å². The standard InChI is InChI=1S/C17H30N.CH4O3S/c1-4-5-6-7-8-12-15-18(2,3)16-17-13-10-9-11-14-17;1-5(2,3)4/h9-11,13-14H,4-8,12,15-16H2,1-3H3;1H3,(H,2,3,4)/q+1;. The Balaban J connectivity index is 0.000000841. The third kappa shape index (κ3) is 17.3. The first-order valence-corrected chi connectivity index (χ1v) is 10.3. The van der Waals surface area contributed by atoms with Crippen molar-refractivity contribution in [3.05, 3.63) is 35.9 Å². The summed E-state index contributed by atoms with van der Waals surface area (Å²) in [6, 6.07) is 10.8. The van der Waals surface area contributed by atoms with Gasteiger partial charge in [-0.1, -0.05) is 62.9 Å². The summed E-state index contributed by atoms with van der Waals surface area (Å²) in [5.41, 5.74) is 1.45. The van der Waals surface area contributed by atoms with Gasteiger partial charge in [0, 0.05) is 5.56 Å². The molecule has 5 heteroatoms. The molecule has 0 bridgehead atoms. The highest BCUT2D eigenvalue weighted by molar-refractivity contribution is 7.85. The summed E-state index contributed by atoms with van der Waals surface area (Å²) in [6.07, 6.45) is 9.06. The Morgan fingerprint density at radius 1 is 0.957 bits per heavy atom. The largest absolute Gasteiger partial charge is 0.325 e. The number of benzene rings is 1. The van der Waals surface area contributed by atoms with Gasteiger partial charge in [0.05, 0.1) is 26.9 Å². The molecule has 0 radical (unpaired) electrons. The normalized spacial score (nSPS) is 11.7. The average molecular weight is 345 g/mol. The predicted molar refractivity (Wildman–Crippen MR) is 98.0 cm³/mol. The molecular weight excluding hydrogens is 310 g/mol. The van der Waals surface area contributed by atoms with Crippen LogP contribution >= 0.6 is 0 Å². The summed E-state index contributed by atoms with van der Waals surface area (Å²) in [5, 5.41) is 0. The zero-order valence-corrected chi connectivity index (χ0v) is 16.0. The van der Waals surface area contributed by atoms with Crippen molar-refractivity contribution in [2.24, 2.45) is 0 Å². The molecule has 0 fully saturated rings. The van der Waals surface area contributed by atoms with Crippen LogP contribution in [0.3, 0.4) is 0 Å². The quantitative estimate of drug-likeness (QED) is 0.416. The summed E-state index contributed by atoms with van der Waals surface area (Å²) in [4.78, 5) is 0. The van der Waals surface area contributed by atoms with Gasteiger partial charge in [0.2, 0.25) is 0 Å². The monoisotopic (exact) mass is 344 g/mol. The lowest BCUT2D eigenvalue weighted by atomic mass is 10.1. The number of quaternary nitrogens is 1. The van der Waals surface area contributed by atoms with Crippen LogP contribution in [0.4, 0.5) is 0 Å². The van der Waals surface area contributed by atoms with Gasteiger partial charge >= 0.3 is 0 Å². The maximum absolute atomic E-state index is 9.19. The van der Waals surface area contributed by atoms with E-state index in [2.05, 4.69) is 51.4 Å². The van der Waals surface area contributed by atoms with E-state index >= 15 is 0 Å². The maximum atomic E-state index is 9.19. The third-order valence-electron chi connectivity index (χ3n) is 3.57. The molecule has 0 amide bonds. The first kappa shape index (κ1) is 22.1. The number of rotatable bonds is 9. The van der Waals surface area contributed by atoms with Crippen molar-refractivity contribution in [3.63, 3.8) is 0 Å². The van der Waals surface area contributed by atoms with Crippen LogP contribution in [-0.2, 0) is 16.7 Å². The summed E-state index contributed by atoms with van der Waals surface area (Å²) < 4.78 is 27.0. The van der Waals surface area contributed by atoms with E-state index in [0.29, 0.717) is 6.26 Å². The van der Waals surface area contributed by atoms with E-state index in [1.807, 2.05) is 0 Å². The van der Waals surface area contributed by atoms with Crippen molar-refractivity contribution in [2.75, 3.05) is 26.9 Å². The Bertz CT molecular complexity index is 490. The van der Waals surface area contributed by atoms with E-state index in [1.165, 1.54) is 50.6 Å². The zero-order chi connectivity index (χ0) is 17.8. The van der Waals surface area contributed by atoms with Crippen LogP contribution in [0.1, 0.15) is 51.0 Å². The van der Waals surface area contributed by atoms with Gasteiger partial charge in [-0.2, -0.15) is 8.42 Å². The average Bonchev–Trinajstić information content (AvgIpc) is 2.41. The Morgan fingerprint density at radius 3 is 1.96 bits per heavy atom. The van der Waals surface area contributed by atoms with Crippen molar-refractivity contribution in [1.82, 2.24) is 0 Å². The molecular formula is C18H34NO3S+. The SMILES string of the molecule is CCCCCCCC[N+](C)(C)Cc1ccccc1.CS(=O)(=O)O. The van der Waals surface area contributed by atoms with Crippen LogP contribution < -0.4 is 0 Å². The van der Waals surface area contributed by atoms with Crippen molar-refractivity contribution >= 4 is 10.1 Å². The van der Waals surface area contributed by atoms with Crippen LogP contribution in [0.25, 0.3) is 0 Å². The zero-order valence-electron chi connectivity index (χ0n) is 15.2. The van der Waals surface area contributed by atoms with Crippen molar-refractivity contribution in [1.29, 1.82) is 0 Å². The molecule has 0 atom stereocenters. The first-order valence-electron chi connectivity index (χ1n) is 8.42. The summed E-state index contributed by atoms with van der Waals surface area (Å²) in [5.74, 6) is 0. The van der Waals surface area contributed by atoms with E-state index in [9.17, 15) is 8.42 Å². The van der Waals surface area contributed by atoms with Gasteiger partial charge < -0.3 is 4.48 Å². The molecule has 1 aromatic carbocycles. The Labute approximate surface area is 142 Å². The number of hydrogen-bond acceptors (Lipinski definition) is 2. The van der Waals surface area contributed by atoms with Crippen molar-refractivity contribution in [3.8, 4) is 0 Å². The van der Waals surface area contributed by atoms with Crippen LogP contribution in [0.5, 0.6) is 0 Å². The molecule has 0 saturated carbocycles. The molecule has 1 rings (SSSR count). The lowest BCUT2D eigenvalue weighted by molar-refractivity contribution is -0.903. The molecule has 0 unspecified atom stereocenters. The molecule has 0 aliphatic carbocycles. The molecule has 0 aromatic heterocycles. The van der Waals surface area contributed by atoms with E-state index in [1.54, 1.807) is 0 Å². The third-order valence-corrected chi connectivity index (χ3v) is 3.57. The predicted octanol–water partition coefficient (Wildman–Crippen LogP) is 4.13. The van der Waals surface area contributed by atoms with Gasteiger partial charge in [0.25, 0.3) is 10.1 Å². The lowest BCUT2D eigenvalue weighted by Crippen LogP contribution is -2.39. The lowest BCUT2D eigenvalue weighted by Gasteiger charge is -2.30. The molecule has 0 aliphatic rings. The van der Waals surface area contributed by atoms with E-state index in [4.69, 9.17) is 4.55 Å². The van der Waals surface area contributed by atoms with Gasteiger partial charge in [0.1, 0.15) is 6.54 Å². The fourth-order valence-corrected chi connectivity index (χ4v) is 2.48. The molecule has 0 spiro atoms. The minimum Gasteiger partial charge on any atom is -0.325 e. The number of unbranched alkanes of at least 4 members (excludes halogenated alkanes) is 5. The van der Waals surface area contributed by atoms with Gasteiger partial charge in [0.15, 0.2) is 0 Å². The summed E-state index contributed by atoms with van der Waals surface area (Å²) >= 11 is 0. The summed E-state index contributed by atoms with van der Waals surface area (Å²) in [6.45, 7) is 4.72. The highest BCUT2D eigenvalue weighted by Crippen LogP contribution is 2.12. The second kappa shape index (κ2) is 11.6. The minimum absolute atomic E-state index is 0.715. The maximum Gasteiger partial charge on any atom is 0.261 e. The number of hydrogen-bond donors (Lipinski definition) is 1. The van der Waals surface area contributed by atoms with Gasteiger partial charge in [-0.25, -0.2) is 0 Å². The Morgan fingerprint density at radius 2 is 1.43 bits per heavy atom. The van der Waals surface area contributed by atoms with Crippen LogP contribution in [0.15, 0.2) is 30.3 Å². The molecule has 1 N–H and O–H groups in total. The Kier molecular flexibility index (Phi) is 11.1. The molecule has 0 heterocycles. The first-order chi connectivity index (χ1) is 10.6. The van der Waals surface area contributed by atoms with Gasteiger partial charge in [-0.3, -0.25) is 4.55 Å².